The molecule has 0 atom stereocenters. The molecule has 1 aromatic rings. The number of methoxy groups -OCH3 is 1. The molecule has 0 N–H and O–H groups in total. The molecule has 1 rings (SSSR count). The summed E-state index contributed by atoms with van der Waals surface area (Å²) >= 11 is 5.74. The van der Waals surface area contributed by atoms with E-state index in [2.05, 4.69) is 9.47 Å². The number of benzene rings is 1. The zero-order valence-corrected chi connectivity index (χ0v) is 11.0. The highest BCUT2D eigenvalue weighted by molar-refractivity contribution is 6.35. The van der Waals surface area contributed by atoms with Crippen molar-refractivity contribution in [1.29, 1.82) is 0 Å². The van der Waals surface area contributed by atoms with Gasteiger partial charge in [0.05, 0.1) is 18.7 Å². The van der Waals surface area contributed by atoms with Crippen molar-refractivity contribution in [3.05, 3.63) is 28.3 Å². The minimum Gasteiger partial charge on any atom is -0.492 e. The Kier molecular flexibility index (Phi) is 5.23. The molecule has 1 aromatic carbocycles. The first-order valence-corrected chi connectivity index (χ1v) is 5.70. The van der Waals surface area contributed by atoms with Gasteiger partial charge < -0.3 is 9.47 Å². The lowest BCUT2D eigenvalue weighted by Gasteiger charge is -2.09. The normalized spacial score (nSPS) is 10.2. The first-order chi connectivity index (χ1) is 8.92. The number of carbonyl (C=O) groups is 2. The fraction of sp³-hybridized carbons (Fsp3) is 0.333. The average molecular weight is 293 g/mol. The summed E-state index contributed by atoms with van der Waals surface area (Å²) in [6.45, 7) is 1.69. The van der Waals surface area contributed by atoms with Gasteiger partial charge in [0.15, 0.2) is 17.3 Å². The number of ether oxygens (including phenoxy) is 2. The number of esters is 1. The van der Waals surface area contributed by atoms with Gasteiger partial charge in [-0.25, -0.2) is 4.39 Å². The minimum atomic E-state index is -1.29. The highest BCUT2D eigenvalue weighted by atomic mass is 35.5. The monoisotopic (exact) mass is 292 g/mol. The third-order valence-electron chi connectivity index (χ3n) is 2.23. The van der Waals surface area contributed by atoms with E-state index in [1.807, 2.05) is 0 Å². The molecule has 4 nitrogen and oxygen atoms in total. The van der Waals surface area contributed by atoms with Gasteiger partial charge in [0.25, 0.3) is 0 Å². The van der Waals surface area contributed by atoms with Gasteiger partial charge >= 0.3 is 5.97 Å². The Labute approximate surface area is 113 Å². The molecule has 0 bridgehead atoms. The quantitative estimate of drug-likeness (QED) is 0.362. The van der Waals surface area contributed by atoms with Crippen LogP contribution in [-0.4, -0.2) is 25.5 Å². The minimum absolute atomic E-state index is 0.112. The fourth-order valence-corrected chi connectivity index (χ4v) is 1.72. The molecule has 0 fully saturated rings. The third-order valence-corrected chi connectivity index (χ3v) is 2.61. The van der Waals surface area contributed by atoms with Crippen molar-refractivity contribution in [2.24, 2.45) is 0 Å². The first-order valence-electron chi connectivity index (χ1n) is 5.32. The van der Waals surface area contributed by atoms with E-state index in [0.29, 0.717) is 6.07 Å². The maximum Gasteiger partial charge on any atom is 0.313 e. The van der Waals surface area contributed by atoms with E-state index in [1.165, 1.54) is 0 Å². The molecule has 0 aromatic heterocycles. The van der Waals surface area contributed by atoms with Gasteiger partial charge in [0.2, 0.25) is 5.82 Å². The summed E-state index contributed by atoms with van der Waals surface area (Å²) in [5, 5.41) is -0.379. The molecule has 0 radical (unpaired) electrons. The van der Waals surface area contributed by atoms with Crippen LogP contribution in [0.2, 0.25) is 5.02 Å². The number of carbonyl (C=O) groups excluding carboxylic acids is 2. The number of hydrogen-bond acceptors (Lipinski definition) is 4. The summed E-state index contributed by atoms with van der Waals surface area (Å²) in [7, 11) is 1.09. The molecular weight excluding hydrogens is 282 g/mol. The highest BCUT2D eigenvalue weighted by Crippen LogP contribution is 2.33. The van der Waals surface area contributed by atoms with Crippen molar-refractivity contribution in [3.63, 3.8) is 0 Å². The highest BCUT2D eigenvalue weighted by Gasteiger charge is 2.23. The Hall–Kier alpha value is -1.69. The zero-order valence-electron chi connectivity index (χ0n) is 10.3. The molecule has 0 spiro atoms. The lowest BCUT2D eigenvalue weighted by Crippen LogP contribution is -2.12. The van der Waals surface area contributed by atoms with Crippen LogP contribution in [0.1, 0.15) is 23.7 Å². The molecule has 7 heteroatoms. The van der Waals surface area contributed by atoms with Crippen LogP contribution in [0.25, 0.3) is 0 Å². The lowest BCUT2D eigenvalue weighted by molar-refractivity contribution is -0.141. The molecule has 0 unspecified atom stereocenters. The van der Waals surface area contributed by atoms with E-state index in [-0.39, 0.29) is 17.2 Å². The SMILES string of the molecule is CCOC(=O)CC(=O)c1cc(F)c(F)c(OC)c1Cl. The van der Waals surface area contributed by atoms with Crippen molar-refractivity contribution < 1.29 is 27.8 Å². The van der Waals surface area contributed by atoms with Crippen molar-refractivity contribution >= 4 is 23.4 Å². The summed E-state index contributed by atoms with van der Waals surface area (Å²) in [4.78, 5) is 22.9. The number of hydrogen-bond donors (Lipinski definition) is 0. The largest absolute Gasteiger partial charge is 0.492 e. The summed E-state index contributed by atoms with van der Waals surface area (Å²) in [5.41, 5.74) is -0.328. The van der Waals surface area contributed by atoms with Gasteiger partial charge in [-0.15, -0.1) is 0 Å². The van der Waals surface area contributed by atoms with E-state index in [4.69, 9.17) is 11.6 Å². The Balaban J connectivity index is 3.10. The molecule has 0 amide bonds. The smallest absolute Gasteiger partial charge is 0.313 e. The Morgan fingerprint density at radius 1 is 1.37 bits per heavy atom. The lowest BCUT2D eigenvalue weighted by atomic mass is 10.1. The molecular formula is C12H11ClF2O4. The molecule has 104 valence electrons. The van der Waals surface area contributed by atoms with Gasteiger partial charge in [0.1, 0.15) is 6.42 Å². The first kappa shape index (κ1) is 15.4. The summed E-state index contributed by atoms with van der Waals surface area (Å²) < 4.78 is 35.7. The van der Waals surface area contributed by atoms with Crippen LogP contribution in [0.4, 0.5) is 8.78 Å². The second kappa shape index (κ2) is 6.47. The van der Waals surface area contributed by atoms with Crippen molar-refractivity contribution in [3.8, 4) is 5.75 Å². The van der Waals surface area contributed by atoms with E-state index < -0.39 is 35.6 Å². The Morgan fingerprint density at radius 2 is 2.00 bits per heavy atom. The van der Waals surface area contributed by atoms with Crippen LogP contribution in [0.15, 0.2) is 6.07 Å². The second-order valence-corrected chi connectivity index (χ2v) is 3.85. The van der Waals surface area contributed by atoms with Crippen LogP contribution < -0.4 is 4.74 Å². The van der Waals surface area contributed by atoms with Crippen LogP contribution in [0, 0.1) is 11.6 Å². The van der Waals surface area contributed by atoms with Crippen molar-refractivity contribution in [1.82, 2.24) is 0 Å². The summed E-state index contributed by atoms with van der Waals surface area (Å²) in [6, 6.07) is 0.627. The molecule has 0 aliphatic rings. The topological polar surface area (TPSA) is 52.6 Å². The van der Waals surface area contributed by atoms with Gasteiger partial charge in [-0.05, 0) is 13.0 Å². The third kappa shape index (κ3) is 3.41. The molecule has 19 heavy (non-hydrogen) atoms. The fourth-order valence-electron chi connectivity index (χ4n) is 1.40. The van der Waals surface area contributed by atoms with E-state index in [9.17, 15) is 18.4 Å². The van der Waals surface area contributed by atoms with E-state index in [0.717, 1.165) is 7.11 Å². The van der Waals surface area contributed by atoms with Gasteiger partial charge in [0, 0.05) is 5.56 Å². The molecule has 0 aliphatic heterocycles. The predicted octanol–water partition coefficient (Wildman–Crippen LogP) is 2.76. The molecule has 0 saturated heterocycles. The van der Waals surface area contributed by atoms with Gasteiger partial charge in [-0.3, -0.25) is 9.59 Å². The van der Waals surface area contributed by atoms with Crippen molar-refractivity contribution in [2.45, 2.75) is 13.3 Å². The number of Topliss-reactive ketones (excluding diaryl/α,β-unsaturated/α-hetero) is 1. The molecule has 0 aliphatic carbocycles. The number of ketones is 1. The van der Waals surface area contributed by atoms with Crippen LogP contribution in [0.5, 0.6) is 5.75 Å². The second-order valence-electron chi connectivity index (χ2n) is 3.47. The molecule has 0 saturated carbocycles. The number of rotatable bonds is 5. The molecule has 0 heterocycles. The maximum atomic E-state index is 13.3. The van der Waals surface area contributed by atoms with Crippen molar-refractivity contribution in [2.75, 3.05) is 13.7 Å². The average Bonchev–Trinajstić information content (AvgIpc) is 2.34. The Bertz CT molecular complexity index is 517. The maximum absolute atomic E-state index is 13.3. The zero-order chi connectivity index (χ0) is 14.6. The van der Waals surface area contributed by atoms with Gasteiger partial charge in [-0.2, -0.15) is 4.39 Å². The van der Waals surface area contributed by atoms with Crippen LogP contribution in [0.3, 0.4) is 0 Å². The Morgan fingerprint density at radius 3 is 2.53 bits per heavy atom. The summed E-state index contributed by atoms with van der Waals surface area (Å²) in [5.74, 6) is -4.70. The van der Waals surface area contributed by atoms with Crippen LogP contribution in [-0.2, 0) is 9.53 Å². The van der Waals surface area contributed by atoms with E-state index in [1.54, 1.807) is 6.92 Å². The number of halogens is 3. The van der Waals surface area contributed by atoms with E-state index >= 15 is 0 Å². The van der Waals surface area contributed by atoms with Crippen LogP contribution >= 0.6 is 11.6 Å². The van der Waals surface area contributed by atoms with Gasteiger partial charge in [-0.1, -0.05) is 11.6 Å². The standard InChI is InChI=1S/C12H11ClF2O4/c1-3-19-9(17)5-8(16)6-4-7(14)11(15)12(18-2)10(6)13/h4H,3,5H2,1-2H3. The summed E-state index contributed by atoms with van der Waals surface area (Å²) in [6.07, 6.45) is -0.609. The predicted molar refractivity (Wildman–Crippen MR) is 63.5 cm³/mol.